The van der Waals surface area contributed by atoms with E-state index in [9.17, 15) is 0 Å². The fourth-order valence-corrected chi connectivity index (χ4v) is 4.26. The van der Waals surface area contributed by atoms with Crippen molar-refractivity contribution >= 4 is 34.3 Å². The van der Waals surface area contributed by atoms with E-state index < -0.39 is 0 Å². The molecule has 0 fully saturated rings. The van der Waals surface area contributed by atoms with Crippen molar-refractivity contribution in [1.29, 1.82) is 0 Å². The molecule has 4 heterocycles. The second-order valence-electron chi connectivity index (χ2n) is 5.69. The van der Waals surface area contributed by atoms with Crippen LogP contribution in [-0.2, 0) is 0 Å². The summed E-state index contributed by atoms with van der Waals surface area (Å²) in [6.45, 7) is 0. The van der Waals surface area contributed by atoms with Crippen LogP contribution in [0.25, 0.3) is 44.1 Å². The fraction of sp³-hybridized carbons (Fsp3) is 0. The first-order valence-corrected chi connectivity index (χ1v) is 10.2. The van der Waals surface area contributed by atoms with Crippen molar-refractivity contribution in [3.05, 3.63) is 70.7 Å². The highest BCUT2D eigenvalue weighted by Crippen LogP contribution is 2.41. The van der Waals surface area contributed by atoms with Gasteiger partial charge in [0.05, 0.1) is 9.75 Å². The van der Waals surface area contributed by atoms with Crippen LogP contribution in [0.2, 0.25) is 5.02 Å². The molecule has 5 aromatic rings. The molecule has 132 valence electrons. The van der Waals surface area contributed by atoms with E-state index in [-0.39, 0.29) is 0 Å². The summed E-state index contributed by atoms with van der Waals surface area (Å²) in [4.78, 5) is 11.1. The van der Waals surface area contributed by atoms with E-state index in [4.69, 9.17) is 25.4 Å². The highest BCUT2D eigenvalue weighted by molar-refractivity contribution is 7.13. The minimum absolute atomic E-state index is 0.571. The van der Waals surface area contributed by atoms with Gasteiger partial charge in [0.1, 0.15) is 5.69 Å². The number of rotatable bonds is 4. The zero-order valence-corrected chi connectivity index (χ0v) is 16.1. The van der Waals surface area contributed by atoms with Gasteiger partial charge in [0.15, 0.2) is 23.6 Å². The number of hydrogen-bond acceptors (Lipinski definition) is 6. The van der Waals surface area contributed by atoms with Gasteiger partial charge >= 0.3 is 0 Å². The molecular weight excluding hydrogens is 400 g/mol. The Morgan fingerprint density at radius 2 is 1.56 bits per heavy atom. The number of halogens is 1. The van der Waals surface area contributed by atoms with Crippen molar-refractivity contribution in [3.63, 3.8) is 0 Å². The lowest BCUT2D eigenvalue weighted by Gasteiger charge is -2.01. The van der Waals surface area contributed by atoms with Crippen LogP contribution in [0.15, 0.2) is 74.5 Å². The number of nitrogens with zero attached hydrogens (tertiary/aromatic N) is 2. The molecule has 0 aliphatic rings. The van der Waals surface area contributed by atoms with Crippen molar-refractivity contribution in [1.82, 2.24) is 9.97 Å². The number of oxazole rings is 2. The molecule has 1 aromatic carbocycles. The molecular formula is C20H11ClN2O2S2. The maximum Gasteiger partial charge on any atom is 0.237 e. The van der Waals surface area contributed by atoms with Crippen LogP contribution in [0.5, 0.6) is 0 Å². The molecule has 0 bridgehead atoms. The predicted molar refractivity (Wildman–Crippen MR) is 109 cm³/mol. The van der Waals surface area contributed by atoms with Gasteiger partial charge in [-0.05, 0) is 35.0 Å². The summed E-state index contributed by atoms with van der Waals surface area (Å²) in [5.74, 6) is 1.83. The van der Waals surface area contributed by atoms with Gasteiger partial charge in [-0.1, -0.05) is 35.9 Å². The van der Waals surface area contributed by atoms with Crippen LogP contribution in [0, 0.1) is 0 Å². The zero-order chi connectivity index (χ0) is 18.2. The van der Waals surface area contributed by atoms with Gasteiger partial charge in [0.2, 0.25) is 5.89 Å². The van der Waals surface area contributed by atoms with Gasteiger partial charge in [0, 0.05) is 10.6 Å². The minimum atomic E-state index is 0.571. The molecule has 0 unspecified atom stereocenters. The van der Waals surface area contributed by atoms with Crippen LogP contribution in [0.1, 0.15) is 0 Å². The number of aromatic nitrogens is 2. The molecule has 7 heteroatoms. The van der Waals surface area contributed by atoms with Crippen molar-refractivity contribution in [2.45, 2.75) is 0 Å². The van der Waals surface area contributed by atoms with Crippen LogP contribution >= 0.6 is 34.3 Å². The van der Waals surface area contributed by atoms with Gasteiger partial charge in [-0.2, -0.15) is 0 Å². The molecule has 0 aliphatic carbocycles. The number of thiophene rings is 2. The third-order valence-electron chi connectivity index (χ3n) is 4.00. The maximum absolute atomic E-state index is 6.14. The molecule has 4 aromatic heterocycles. The van der Waals surface area contributed by atoms with Crippen molar-refractivity contribution < 1.29 is 8.83 Å². The van der Waals surface area contributed by atoms with Gasteiger partial charge in [-0.3, -0.25) is 0 Å². The van der Waals surface area contributed by atoms with Crippen molar-refractivity contribution in [2.75, 3.05) is 0 Å². The van der Waals surface area contributed by atoms with E-state index in [1.807, 2.05) is 59.3 Å². The van der Waals surface area contributed by atoms with Gasteiger partial charge in [0.25, 0.3) is 0 Å². The molecule has 0 N–H and O–H groups in total. The van der Waals surface area contributed by atoms with Crippen LogP contribution in [0.4, 0.5) is 0 Å². The Labute approximate surface area is 167 Å². The summed E-state index contributed by atoms with van der Waals surface area (Å²) in [5, 5.41) is 4.68. The Morgan fingerprint density at radius 1 is 0.815 bits per heavy atom. The average Bonchev–Trinajstić information content (AvgIpc) is 3.48. The quantitative estimate of drug-likeness (QED) is 0.317. The Balaban J connectivity index is 1.70. The topological polar surface area (TPSA) is 52.1 Å². The zero-order valence-electron chi connectivity index (χ0n) is 13.8. The summed E-state index contributed by atoms with van der Waals surface area (Å²) in [6.07, 6.45) is 1.43. The molecule has 0 radical (unpaired) electrons. The fourth-order valence-electron chi connectivity index (χ4n) is 2.78. The lowest BCUT2D eigenvalue weighted by Crippen LogP contribution is -1.85. The first-order valence-electron chi connectivity index (χ1n) is 8.08. The molecule has 0 spiro atoms. The number of benzene rings is 1. The van der Waals surface area contributed by atoms with Gasteiger partial charge in [-0.15, -0.1) is 22.7 Å². The Kier molecular flexibility index (Phi) is 4.16. The van der Waals surface area contributed by atoms with E-state index in [1.54, 1.807) is 22.7 Å². The third kappa shape index (κ3) is 3.02. The van der Waals surface area contributed by atoms with E-state index >= 15 is 0 Å². The second kappa shape index (κ2) is 6.81. The summed E-state index contributed by atoms with van der Waals surface area (Å²) in [7, 11) is 0. The smallest absolute Gasteiger partial charge is 0.237 e. The minimum Gasteiger partial charge on any atom is -0.441 e. The highest BCUT2D eigenvalue weighted by Gasteiger charge is 2.25. The monoisotopic (exact) mass is 410 g/mol. The van der Waals surface area contributed by atoms with Crippen molar-refractivity contribution in [2.24, 2.45) is 0 Å². The first kappa shape index (κ1) is 16.5. The average molecular weight is 411 g/mol. The molecule has 0 aliphatic heterocycles. The van der Waals surface area contributed by atoms with Crippen LogP contribution in [0.3, 0.4) is 0 Å². The summed E-state index contributed by atoms with van der Waals surface area (Å²) < 4.78 is 11.9. The number of hydrogen-bond donors (Lipinski definition) is 0. The highest BCUT2D eigenvalue weighted by atomic mass is 35.5. The Morgan fingerprint density at radius 3 is 2.26 bits per heavy atom. The summed E-state index contributed by atoms with van der Waals surface area (Å²) >= 11 is 9.19. The van der Waals surface area contributed by atoms with E-state index in [2.05, 4.69) is 4.98 Å². The van der Waals surface area contributed by atoms with E-state index in [0.29, 0.717) is 33.8 Å². The Bertz CT molecular complexity index is 1170. The van der Waals surface area contributed by atoms with Gasteiger partial charge < -0.3 is 8.83 Å². The molecule has 4 nitrogen and oxygen atoms in total. The molecule has 0 atom stereocenters. The first-order chi connectivity index (χ1) is 13.3. The second-order valence-corrected chi connectivity index (χ2v) is 8.02. The van der Waals surface area contributed by atoms with Crippen LogP contribution in [-0.4, -0.2) is 9.97 Å². The van der Waals surface area contributed by atoms with Crippen molar-refractivity contribution in [3.8, 4) is 44.1 Å². The van der Waals surface area contributed by atoms with Crippen LogP contribution < -0.4 is 0 Å². The molecule has 0 saturated carbocycles. The normalized spacial score (nSPS) is 11.1. The molecule has 5 rings (SSSR count). The summed E-state index contributed by atoms with van der Waals surface area (Å²) in [5.41, 5.74) is 2.25. The lowest BCUT2D eigenvalue weighted by atomic mass is 10.1. The van der Waals surface area contributed by atoms with Gasteiger partial charge in [-0.25, -0.2) is 9.97 Å². The largest absolute Gasteiger partial charge is 0.441 e. The predicted octanol–water partition coefficient (Wildman–Crippen LogP) is 7.11. The lowest BCUT2D eigenvalue weighted by molar-refractivity contribution is 0.568. The third-order valence-corrected chi connectivity index (χ3v) is 5.98. The maximum atomic E-state index is 6.14. The summed E-state index contributed by atoms with van der Waals surface area (Å²) in [6, 6.07) is 15.4. The van der Waals surface area contributed by atoms with E-state index in [0.717, 1.165) is 15.3 Å². The Hall–Kier alpha value is -2.67. The molecule has 0 saturated heterocycles. The standard InChI is InChI=1S/C20H11ClN2O2S2/c21-13-7-5-12(6-8-13)16-19(24-11-22-16)17-18(14-3-1-9-26-14)25-20(23-17)15-4-2-10-27-15/h1-11H. The molecule has 27 heavy (non-hydrogen) atoms. The molecule has 0 amide bonds. The SMILES string of the molecule is Clc1ccc(-c2ncoc2-c2nc(-c3cccs3)oc2-c2cccs2)cc1. The van der Waals surface area contributed by atoms with E-state index in [1.165, 1.54) is 6.39 Å².